The molecule has 0 spiro atoms. The van der Waals surface area contributed by atoms with E-state index in [-0.39, 0.29) is 46.5 Å². The Bertz CT molecular complexity index is 558. The van der Waals surface area contributed by atoms with Gasteiger partial charge in [-0.2, -0.15) is 0 Å². The first-order valence-electron chi connectivity index (χ1n) is 6.81. The molecule has 5 nitrogen and oxygen atoms in total. The second-order valence-corrected chi connectivity index (χ2v) is 6.82. The van der Waals surface area contributed by atoms with E-state index in [1.54, 1.807) is 12.3 Å². The monoisotopic (exact) mass is 339 g/mol. The number of carbonyl (C=O) groups excluding carboxylic acids is 2. The van der Waals surface area contributed by atoms with Crippen molar-refractivity contribution in [1.29, 1.82) is 0 Å². The second kappa shape index (κ2) is 4.35. The molecule has 106 valence electrons. The Morgan fingerprint density at radius 3 is 3.05 bits per heavy atom. The maximum Gasteiger partial charge on any atom is 0.310 e. The summed E-state index contributed by atoms with van der Waals surface area (Å²) in [5.74, 6) is 0.308. The van der Waals surface area contributed by atoms with E-state index >= 15 is 0 Å². The summed E-state index contributed by atoms with van der Waals surface area (Å²) in [5.41, 5.74) is 0. The van der Waals surface area contributed by atoms with Gasteiger partial charge in [0.2, 0.25) is 5.91 Å². The van der Waals surface area contributed by atoms with Crippen molar-refractivity contribution >= 4 is 27.8 Å². The predicted molar refractivity (Wildman–Crippen MR) is 71.7 cm³/mol. The van der Waals surface area contributed by atoms with Crippen molar-refractivity contribution in [3.8, 4) is 0 Å². The summed E-state index contributed by atoms with van der Waals surface area (Å²) < 4.78 is 10.6. The van der Waals surface area contributed by atoms with Crippen molar-refractivity contribution in [2.45, 2.75) is 23.9 Å². The molecule has 20 heavy (non-hydrogen) atoms. The highest BCUT2D eigenvalue weighted by molar-refractivity contribution is 9.09. The molecule has 2 saturated carbocycles. The molecule has 1 aromatic heterocycles. The fourth-order valence-corrected chi connectivity index (χ4v) is 5.08. The molecule has 1 aromatic rings. The van der Waals surface area contributed by atoms with Crippen LogP contribution in [-0.2, 0) is 20.9 Å². The van der Waals surface area contributed by atoms with E-state index < -0.39 is 0 Å². The Morgan fingerprint density at radius 2 is 2.30 bits per heavy atom. The lowest BCUT2D eigenvalue weighted by Gasteiger charge is -2.27. The number of amides is 1. The number of halogens is 1. The van der Waals surface area contributed by atoms with Crippen molar-refractivity contribution in [1.82, 2.24) is 5.32 Å². The summed E-state index contributed by atoms with van der Waals surface area (Å²) in [7, 11) is 0. The SMILES string of the molecule is O=C(NCc1ccco1)[C@@H]1[C@H]2C[C@H]3[C@H](OC(=O)[C@H]31)[C@H]2Br. The number of ether oxygens (including phenoxy) is 1. The van der Waals surface area contributed by atoms with Gasteiger partial charge in [-0.25, -0.2) is 0 Å². The lowest BCUT2D eigenvalue weighted by atomic mass is 9.79. The number of furan rings is 1. The van der Waals surface area contributed by atoms with Crippen molar-refractivity contribution in [2.24, 2.45) is 23.7 Å². The number of fused-ring (bicyclic) bond motifs is 1. The zero-order valence-corrected chi connectivity index (χ0v) is 12.2. The Balaban J connectivity index is 1.51. The van der Waals surface area contributed by atoms with Crippen molar-refractivity contribution < 1.29 is 18.7 Å². The van der Waals surface area contributed by atoms with E-state index in [1.165, 1.54) is 0 Å². The first-order chi connectivity index (χ1) is 9.66. The highest BCUT2D eigenvalue weighted by Crippen LogP contribution is 2.59. The van der Waals surface area contributed by atoms with Gasteiger partial charge in [0.05, 0.1) is 29.5 Å². The quantitative estimate of drug-likeness (QED) is 0.668. The minimum Gasteiger partial charge on any atom is -0.467 e. The molecule has 1 saturated heterocycles. The zero-order valence-electron chi connectivity index (χ0n) is 10.6. The Hall–Kier alpha value is -1.30. The van der Waals surface area contributed by atoms with E-state index in [1.807, 2.05) is 6.07 Å². The normalized spacial score (nSPS) is 41.0. The van der Waals surface area contributed by atoms with E-state index in [0.717, 1.165) is 6.42 Å². The van der Waals surface area contributed by atoms with Crippen LogP contribution in [0, 0.1) is 23.7 Å². The van der Waals surface area contributed by atoms with E-state index in [9.17, 15) is 9.59 Å². The number of rotatable bonds is 3. The van der Waals surface area contributed by atoms with Crippen LogP contribution >= 0.6 is 15.9 Å². The maximum absolute atomic E-state index is 12.4. The number of hydrogen-bond acceptors (Lipinski definition) is 4. The average Bonchev–Trinajstić information content (AvgIpc) is 3.14. The summed E-state index contributed by atoms with van der Waals surface area (Å²) in [6.07, 6.45) is 2.44. The molecule has 2 heterocycles. The second-order valence-electron chi connectivity index (χ2n) is 5.76. The number of alkyl halides is 1. The van der Waals surface area contributed by atoms with Gasteiger partial charge in [-0.3, -0.25) is 9.59 Å². The van der Waals surface area contributed by atoms with E-state index in [4.69, 9.17) is 9.15 Å². The van der Waals surface area contributed by atoms with Crippen LogP contribution in [0.3, 0.4) is 0 Å². The zero-order chi connectivity index (χ0) is 13.9. The van der Waals surface area contributed by atoms with Crippen LogP contribution in [0.1, 0.15) is 12.2 Å². The number of hydrogen-bond donors (Lipinski definition) is 1. The molecule has 2 aliphatic carbocycles. The molecule has 3 aliphatic rings. The number of carbonyl (C=O) groups is 2. The van der Waals surface area contributed by atoms with Crippen LogP contribution in [-0.4, -0.2) is 22.8 Å². The van der Waals surface area contributed by atoms with Crippen LogP contribution < -0.4 is 5.32 Å². The molecule has 1 aliphatic heterocycles. The van der Waals surface area contributed by atoms with Gasteiger partial charge in [-0.15, -0.1) is 0 Å². The topological polar surface area (TPSA) is 68.5 Å². The third-order valence-corrected chi connectivity index (χ3v) is 6.04. The average molecular weight is 340 g/mol. The molecule has 6 heteroatoms. The molecule has 2 bridgehead atoms. The van der Waals surface area contributed by atoms with Gasteiger partial charge in [0, 0.05) is 5.92 Å². The van der Waals surface area contributed by atoms with Gasteiger partial charge in [0.25, 0.3) is 0 Å². The van der Waals surface area contributed by atoms with E-state index in [2.05, 4.69) is 21.2 Å². The number of esters is 1. The van der Waals surface area contributed by atoms with E-state index in [0.29, 0.717) is 12.3 Å². The molecule has 4 rings (SSSR count). The maximum atomic E-state index is 12.4. The summed E-state index contributed by atoms with van der Waals surface area (Å²) in [6.45, 7) is 0.359. The summed E-state index contributed by atoms with van der Waals surface area (Å²) >= 11 is 3.60. The fraction of sp³-hybridized carbons (Fsp3) is 0.571. The Kier molecular flexibility index (Phi) is 2.70. The summed E-state index contributed by atoms with van der Waals surface area (Å²) in [6, 6.07) is 3.60. The van der Waals surface area contributed by atoms with Crippen LogP contribution in [0.25, 0.3) is 0 Å². The third-order valence-electron chi connectivity index (χ3n) is 4.84. The van der Waals surface area contributed by atoms with Gasteiger partial charge in [-0.1, -0.05) is 15.9 Å². The molecule has 0 unspecified atom stereocenters. The first-order valence-corrected chi connectivity index (χ1v) is 7.73. The molecule has 0 aromatic carbocycles. The minimum atomic E-state index is -0.273. The first kappa shape index (κ1) is 12.4. The van der Waals surface area contributed by atoms with Crippen molar-refractivity contribution in [3.05, 3.63) is 24.2 Å². The van der Waals surface area contributed by atoms with Crippen LogP contribution in [0.2, 0.25) is 0 Å². The Morgan fingerprint density at radius 1 is 1.45 bits per heavy atom. The molecule has 1 N–H and O–H groups in total. The molecular weight excluding hydrogens is 326 g/mol. The van der Waals surface area contributed by atoms with Gasteiger partial charge >= 0.3 is 5.97 Å². The largest absolute Gasteiger partial charge is 0.467 e. The van der Waals surface area contributed by atoms with Gasteiger partial charge in [-0.05, 0) is 24.5 Å². The number of nitrogens with one attached hydrogen (secondary N) is 1. The minimum absolute atomic E-state index is 0.0355. The fourth-order valence-electron chi connectivity index (χ4n) is 4.04. The van der Waals surface area contributed by atoms with Crippen LogP contribution in [0.5, 0.6) is 0 Å². The lowest BCUT2D eigenvalue weighted by Crippen LogP contribution is -2.43. The molecule has 0 radical (unpaired) electrons. The highest BCUT2D eigenvalue weighted by atomic mass is 79.9. The summed E-state index contributed by atoms with van der Waals surface area (Å²) in [5, 5.41) is 2.87. The standard InChI is InChI=1S/C14H14BrNO4/c15-11-7-4-8-10(14(18)20-12(8)11)9(7)13(17)16-5-6-2-1-3-19-6/h1-3,7-12H,4-5H2,(H,16,17)/t7-,8-,9-,10-,11+,12+/m1/s1. The summed E-state index contributed by atoms with van der Waals surface area (Å²) in [4.78, 5) is 24.5. The van der Waals surface area contributed by atoms with Gasteiger partial charge in [0.1, 0.15) is 11.9 Å². The van der Waals surface area contributed by atoms with Crippen LogP contribution in [0.4, 0.5) is 0 Å². The van der Waals surface area contributed by atoms with Crippen molar-refractivity contribution in [3.63, 3.8) is 0 Å². The highest BCUT2D eigenvalue weighted by Gasteiger charge is 2.67. The molecule has 6 atom stereocenters. The molecular formula is C14H14BrNO4. The van der Waals surface area contributed by atoms with Crippen molar-refractivity contribution in [2.75, 3.05) is 0 Å². The molecule has 1 amide bonds. The molecule has 3 fully saturated rings. The lowest BCUT2D eigenvalue weighted by molar-refractivity contribution is -0.145. The smallest absolute Gasteiger partial charge is 0.310 e. The third kappa shape index (κ3) is 1.60. The van der Waals surface area contributed by atoms with Gasteiger partial charge < -0.3 is 14.5 Å². The predicted octanol–water partition coefficient (Wildman–Crippen LogP) is 1.47. The van der Waals surface area contributed by atoms with Crippen LogP contribution in [0.15, 0.2) is 22.8 Å². The van der Waals surface area contributed by atoms with Gasteiger partial charge in [0.15, 0.2) is 0 Å². The Labute approximate surface area is 124 Å².